The molecule has 0 bridgehead atoms. The number of nitrogens with two attached hydrogens (primary N) is 1. The zero-order valence-electron chi connectivity index (χ0n) is 9.31. The zero-order valence-corrected chi connectivity index (χ0v) is 10.2. The molecule has 1 saturated heterocycles. The molecule has 1 amide bonds. The van der Waals surface area contributed by atoms with Gasteiger partial charge in [0.2, 0.25) is 5.91 Å². The van der Waals surface area contributed by atoms with E-state index in [9.17, 15) is 4.79 Å². The second-order valence-electron chi connectivity index (χ2n) is 4.18. The number of likely N-dealkylation sites (tertiary alicyclic amines) is 1. The highest BCUT2D eigenvalue weighted by Crippen LogP contribution is 2.32. The molecule has 4 heteroatoms. The van der Waals surface area contributed by atoms with Crippen LogP contribution in [-0.4, -0.2) is 23.4 Å². The van der Waals surface area contributed by atoms with Gasteiger partial charge in [0, 0.05) is 19.2 Å². The van der Waals surface area contributed by atoms with E-state index in [1.54, 1.807) is 12.3 Å². The fourth-order valence-corrected chi connectivity index (χ4v) is 2.52. The van der Waals surface area contributed by atoms with E-state index in [1.165, 1.54) is 5.57 Å². The highest BCUT2D eigenvalue weighted by Gasteiger charge is 2.31. The molecule has 0 radical (unpaired) electrons. The summed E-state index contributed by atoms with van der Waals surface area (Å²) >= 11 is 4.05. The van der Waals surface area contributed by atoms with Crippen LogP contribution in [-0.2, 0) is 4.79 Å². The summed E-state index contributed by atoms with van der Waals surface area (Å²) in [7, 11) is 0. The number of hydrogen-bond acceptors (Lipinski definition) is 3. The third-order valence-corrected chi connectivity index (χ3v) is 3.50. The number of thiol groups is 1. The van der Waals surface area contributed by atoms with Crippen LogP contribution >= 0.6 is 12.6 Å². The van der Waals surface area contributed by atoms with Gasteiger partial charge in [-0.05, 0) is 29.4 Å². The summed E-state index contributed by atoms with van der Waals surface area (Å²) in [5, 5.41) is 1.61. The van der Waals surface area contributed by atoms with Crippen molar-refractivity contribution in [2.45, 2.75) is 25.8 Å². The highest BCUT2D eigenvalue weighted by atomic mass is 32.1. The molecule has 0 spiro atoms. The van der Waals surface area contributed by atoms with Crippen molar-refractivity contribution >= 4 is 18.5 Å². The Morgan fingerprint density at radius 2 is 2.44 bits per heavy atom. The number of allylic oxidation sites excluding steroid dienone is 1. The normalized spacial score (nSPS) is 25.0. The summed E-state index contributed by atoms with van der Waals surface area (Å²) in [6.45, 7) is 2.46. The Hall–Kier alpha value is -1.16. The van der Waals surface area contributed by atoms with E-state index in [-0.39, 0.29) is 11.9 Å². The number of rotatable bonds is 1. The van der Waals surface area contributed by atoms with E-state index >= 15 is 0 Å². The van der Waals surface area contributed by atoms with Crippen molar-refractivity contribution in [1.29, 1.82) is 0 Å². The topological polar surface area (TPSA) is 46.3 Å². The van der Waals surface area contributed by atoms with Crippen molar-refractivity contribution in [3.8, 4) is 0 Å². The largest absolute Gasteiger partial charge is 0.398 e. The number of hydrogen-bond donors (Lipinski definition) is 2. The first kappa shape index (κ1) is 11.3. The molecule has 16 heavy (non-hydrogen) atoms. The first-order valence-electron chi connectivity index (χ1n) is 5.41. The fourth-order valence-electron chi connectivity index (χ4n) is 2.37. The summed E-state index contributed by atoms with van der Waals surface area (Å²) in [6, 6.07) is 0.258. The molecular formula is C12H16N2OS. The minimum absolute atomic E-state index is 0.156. The predicted molar refractivity (Wildman–Crippen MR) is 67.8 cm³/mol. The minimum atomic E-state index is 0.156. The molecule has 2 aliphatic rings. The first-order valence-corrected chi connectivity index (χ1v) is 5.93. The van der Waals surface area contributed by atoms with E-state index in [1.807, 2.05) is 4.90 Å². The maximum atomic E-state index is 11.4. The smallest absolute Gasteiger partial charge is 0.219 e. The van der Waals surface area contributed by atoms with Crippen LogP contribution in [0.15, 0.2) is 34.4 Å². The molecule has 1 aliphatic heterocycles. The second-order valence-corrected chi connectivity index (χ2v) is 4.44. The lowest BCUT2D eigenvalue weighted by molar-refractivity contribution is -0.129. The van der Waals surface area contributed by atoms with Gasteiger partial charge >= 0.3 is 0 Å². The monoisotopic (exact) mass is 236 g/mol. The van der Waals surface area contributed by atoms with Gasteiger partial charge in [-0.15, -0.1) is 12.6 Å². The molecule has 1 atom stereocenters. The number of fused-ring (bicyclic) bond motifs is 1. The van der Waals surface area contributed by atoms with Gasteiger partial charge in [-0.25, -0.2) is 0 Å². The van der Waals surface area contributed by atoms with Gasteiger partial charge in [0.15, 0.2) is 0 Å². The first-order chi connectivity index (χ1) is 7.63. The summed E-state index contributed by atoms with van der Waals surface area (Å²) in [5.41, 5.74) is 8.85. The molecule has 0 aromatic rings. The van der Waals surface area contributed by atoms with Crippen molar-refractivity contribution < 1.29 is 4.79 Å². The van der Waals surface area contributed by atoms with E-state index in [4.69, 9.17) is 5.73 Å². The summed E-state index contributed by atoms with van der Waals surface area (Å²) in [4.78, 5) is 13.3. The zero-order chi connectivity index (χ0) is 11.7. The van der Waals surface area contributed by atoms with Crippen LogP contribution in [0, 0.1) is 0 Å². The van der Waals surface area contributed by atoms with Crippen molar-refractivity contribution in [1.82, 2.24) is 4.90 Å². The molecule has 0 aromatic heterocycles. The average molecular weight is 236 g/mol. The lowest BCUT2D eigenvalue weighted by atomic mass is 9.94. The Kier molecular flexibility index (Phi) is 3.10. The Morgan fingerprint density at radius 3 is 3.06 bits per heavy atom. The van der Waals surface area contributed by atoms with Crippen LogP contribution in [0.3, 0.4) is 0 Å². The van der Waals surface area contributed by atoms with Gasteiger partial charge in [-0.2, -0.15) is 0 Å². The van der Waals surface area contributed by atoms with E-state index in [2.05, 4.69) is 24.8 Å². The maximum absolute atomic E-state index is 11.4. The highest BCUT2D eigenvalue weighted by molar-refractivity contribution is 7.83. The molecule has 3 nitrogen and oxygen atoms in total. The van der Waals surface area contributed by atoms with E-state index in [0.29, 0.717) is 5.70 Å². The third kappa shape index (κ3) is 1.89. The van der Waals surface area contributed by atoms with Crippen LogP contribution < -0.4 is 5.73 Å². The lowest BCUT2D eigenvalue weighted by Crippen LogP contribution is -2.34. The molecular weight excluding hydrogens is 220 g/mol. The number of carbonyl (C=O) groups is 1. The van der Waals surface area contributed by atoms with E-state index < -0.39 is 0 Å². The standard InChI is InChI=1S/C12H16N2OS/c1-8(15)14-5-4-10-6-9(11(13)7-16)2-3-12(10)14/h2,6-7,12,16H,3-5,13H2,1H3/b11-7-. The Balaban J connectivity index is 2.21. The second kappa shape index (κ2) is 4.37. The molecule has 1 fully saturated rings. The Bertz CT molecular complexity index is 409. The van der Waals surface area contributed by atoms with Crippen LogP contribution in [0.5, 0.6) is 0 Å². The number of nitrogens with zero attached hydrogens (tertiary/aromatic N) is 1. The van der Waals surface area contributed by atoms with E-state index in [0.717, 1.165) is 25.0 Å². The number of amides is 1. The molecule has 1 heterocycles. The molecule has 0 saturated carbocycles. The predicted octanol–water partition coefficient (Wildman–Crippen LogP) is 1.59. The van der Waals surface area contributed by atoms with Crippen LogP contribution in [0.4, 0.5) is 0 Å². The molecule has 2 N–H and O–H groups in total. The van der Waals surface area contributed by atoms with Crippen molar-refractivity contribution in [3.05, 3.63) is 34.4 Å². The van der Waals surface area contributed by atoms with Crippen molar-refractivity contribution in [2.24, 2.45) is 5.73 Å². The average Bonchev–Trinajstić information content (AvgIpc) is 2.70. The third-order valence-electron chi connectivity index (χ3n) is 3.22. The summed E-state index contributed by atoms with van der Waals surface area (Å²) < 4.78 is 0. The van der Waals surface area contributed by atoms with Crippen molar-refractivity contribution in [2.75, 3.05) is 6.54 Å². The SMILES string of the molecule is CC(=O)N1CCC2=CC(/C(N)=C/S)=CCC21. The van der Waals surface area contributed by atoms with Crippen LogP contribution in [0.25, 0.3) is 0 Å². The van der Waals surface area contributed by atoms with Gasteiger partial charge < -0.3 is 10.6 Å². The molecule has 1 aliphatic carbocycles. The van der Waals surface area contributed by atoms with Gasteiger partial charge in [-0.1, -0.05) is 12.2 Å². The molecule has 86 valence electrons. The van der Waals surface area contributed by atoms with Gasteiger partial charge in [-0.3, -0.25) is 4.79 Å². The van der Waals surface area contributed by atoms with Gasteiger partial charge in [0.1, 0.15) is 0 Å². The van der Waals surface area contributed by atoms with Gasteiger partial charge in [0.25, 0.3) is 0 Å². The van der Waals surface area contributed by atoms with Crippen molar-refractivity contribution in [3.63, 3.8) is 0 Å². The number of carbonyl (C=O) groups excluding carboxylic acids is 1. The summed E-state index contributed by atoms with van der Waals surface area (Å²) in [6.07, 6.45) is 6.00. The maximum Gasteiger partial charge on any atom is 0.219 e. The Morgan fingerprint density at radius 1 is 1.69 bits per heavy atom. The van der Waals surface area contributed by atoms with Gasteiger partial charge in [0.05, 0.1) is 6.04 Å². The minimum Gasteiger partial charge on any atom is -0.398 e. The van der Waals surface area contributed by atoms with Crippen LogP contribution in [0.2, 0.25) is 0 Å². The quantitative estimate of drug-likeness (QED) is 0.679. The summed E-state index contributed by atoms with van der Waals surface area (Å²) in [5.74, 6) is 0.156. The fraction of sp³-hybridized carbons (Fsp3) is 0.417. The lowest BCUT2D eigenvalue weighted by Gasteiger charge is -2.25. The molecule has 2 rings (SSSR count). The molecule has 0 aromatic carbocycles. The Labute approximate surface area is 101 Å². The van der Waals surface area contributed by atoms with Crippen LogP contribution in [0.1, 0.15) is 19.8 Å². The molecule has 1 unspecified atom stereocenters.